The van der Waals surface area contributed by atoms with E-state index in [-0.39, 0.29) is 21.0 Å². The van der Waals surface area contributed by atoms with Crippen LogP contribution in [0.5, 0.6) is 0 Å². The third-order valence-corrected chi connectivity index (χ3v) is 6.10. The van der Waals surface area contributed by atoms with Crippen LogP contribution in [0.25, 0.3) is 0 Å². The molecule has 0 aliphatic heterocycles. The Kier molecular flexibility index (Phi) is 6.12. The molecule has 0 saturated heterocycles. The van der Waals surface area contributed by atoms with Crippen molar-refractivity contribution in [2.45, 2.75) is 44.0 Å². The average Bonchev–Trinajstić information content (AvgIpc) is 2.40. The maximum atomic E-state index is 12.4. The monoisotopic (exact) mass is 415 g/mol. The van der Waals surface area contributed by atoms with Crippen molar-refractivity contribution >= 4 is 53.2 Å². The Labute approximate surface area is 142 Å². The molecule has 0 unspecified atom stereocenters. The minimum Gasteiger partial charge on any atom is -0.347 e. The summed E-state index contributed by atoms with van der Waals surface area (Å²) in [5.41, 5.74) is -0.318. The first kappa shape index (κ1) is 18.7. The number of carbonyl (C=O) groups is 1. The molecule has 0 bridgehead atoms. The van der Waals surface area contributed by atoms with Crippen LogP contribution in [0.1, 0.15) is 44.0 Å². The average molecular weight is 417 g/mol. The topological polar surface area (TPSA) is 63.2 Å². The summed E-state index contributed by atoms with van der Waals surface area (Å²) in [6.45, 7) is 5.83. The molecule has 0 radical (unpaired) electrons. The number of benzene rings is 1. The summed E-state index contributed by atoms with van der Waals surface area (Å²) in [7, 11) is 1.37. The van der Waals surface area contributed by atoms with Crippen LogP contribution >= 0.6 is 38.2 Å². The number of halogens is 3. The molecule has 1 aromatic carbocycles. The molecule has 0 fully saturated rings. The van der Waals surface area contributed by atoms with Crippen molar-refractivity contribution in [1.29, 1.82) is 0 Å². The number of nitrogens with one attached hydrogen (secondary N) is 1. The van der Waals surface area contributed by atoms with E-state index < -0.39 is 15.0 Å². The van der Waals surface area contributed by atoms with Crippen molar-refractivity contribution in [2.75, 3.05) is 0 Å². The van der Waals surface area contributed by atoms with Gasteiger partial charge in [0, 0.05) is 20.7 Å². The van der Waals surface area contributed by atoms with Gasteiger partial charge in [0.1, 0.15) is 0 Å². The van der Waals surface area contributed by atoms with Gasteiger partial charge in [-0.25, -0.2) is 8.42 Å². The van der Waals surface area contributed by atoms with E-state index in [0.717, 1.165) is 12.8 Å². The van der Waals surface area contributed by atoms with Crippen molar-refractivity contribution in [3.8, 4) is 0 Å². The molecular weight excluding hydrogens is 401 g/mol. The van der Waals surface area contributed by atoms with Gasteiger partial charge in [-0.05, 0) is 47.8 Å². The summed E-state index contributed by atoms with van der Waals surface area (Å²) in [5, 5.41) is 3.02. The van der Waals surface area contributed by atoms with Gasteiger partial charge in [-0.2, -0.15) is 0 Å². The van der Waals surface area contributed by atoms with Crippen molar-refractivity contribution in [3.63, 3.8) is 0 Å². The molecule has 0 aromatic heterocycles. The van der Waals surface area contributed by atoms with Gasteiger partial charge in [0.05, 0.1) is 15.5 Å². The Morgan fingerprint density at radius 3 is 2.29 bits per heavy atom. The van der Waals surface area contributed by atoms with Crippen molar-refractivity contribution in [2.24, 2.45) is 0 Å². The molecule has 0 aliphatic carbocycles. The zero-order chi connectivity index (χ0) is 16.4. The second-order valence-electron chi connectivity index (χ2n) is 4.93. The van der Waals surface area contributed by atoms with E-state index in [1.807, 2.05) is 20.8 Å². The predicted octanol–water partition coefficient (Wildman–Crippen LogP) is 4.34. The zero-order valence-electron chi connectivity index (χ0n) is 11.8. The Morgan fingerprint density at radius 1 is 1.33 bits per heavy atom. The first-order chi connectivity index (χ1) is 9.54. The maximum Gasteiger partial charge on any atom is 0.261 e. The highest BCUT2D eigenvalue weighted by Gasteiger charge is 2.26. The second kappa shape index (κ2) is 6.86. The molecule has 0 spiro atoms. The standard InChI is InChI=1S/C13H16BrCl2NO3S/c1-4-13(3,5-2)17-12(18)9-6-8(21(16,19)20)7-10(14)11(9)15/h6-7H,4-5H2,1-3H3,(H,17,18). The molecule has 0 heterocycles. The summed E-state index contributed by atoms with van der Waals surface area (Å²) < 4.78 is 23.2. The third kappa shape index (κ3) is 4.58. The van der Waals surface area contributed by atoms with Gasteiger partial charge in [-0.15, -0.1) is 0 Å². The van der Waals surface area contributed by atoms with Gasteiger partial charge in [-0.3, -0.25) is 4.79 Å². The van der Waals surface area contributed by atoms with E-state index in [1.165, 1.54) is 12.1 Å². The van der Waals surface area contributed by atoms with Gasteiger partial charge in [0.2, 0.25) is 0 Å². The fourth-order valence-electron chi connectivity index (χ4n) is 1.64. The lowest BCUT2D eigenvalue weighted by molar-refractivity contribution is 0.0901. The van der Waals surface area contributed by atoms with Gasteiger partial charge in [0.25, 0.3) is 15.0 Å². The lowest BCUT2D eigenvalue weighted by atomic mass is 9.95. The fraction of sp³-hybridized carbons (Fsp3) is 0.462. The van der Waals surface area contributed by atoms with Crippen LogP contribution in [0.2, 0.25) is 5.02 Å². The number of hydrogen-bond acceptors (Lipinski definition) is 3. The second-order valence-corrected chi connectivity index (χ2v) is 8.72. The van der Waals surface area contributed by atoms with Crippen LogP contribution in [-0.4, -0.2) is 19.9 Å². The third-order valence-electron chi connectivity index (χ3n) is 3.50. The summed E-state index contributed by atoms with van der Waals surface area (Å²) in [5.74, 6) is -0.436. The Hall–Kier alpha value is -0.300. The van der Waals surface area contributed by atoms with Crippen molar-refractivity contribution in [1.82, 2.24) is 5.32 Å². The summed E-state index contributed by atoms with van der Waals surface area (Å²) in [4.78, 5) is 12.2. The normalized spacial score (nSPS) is 12.3. The largest absolute Gasteiger partial charge is 0.347 e. The lowest BCUT2D eigenvalue weighted by Crippen LogP contribution is -2.45. The molecule has 0 saturated carbocycles. The smallest absolute Gasteiger partial charge is 0.261 e. The minimum absolute atomic E-state index is 0.0680. The summed E-state index contributed by atoms with van der Waals surface area (Å²) in [6, 6.07) is 2.44. The van der Waals surface area contributed by atoms with E-state index >= 15 is 0 Å². The predicted molar refractivity (Wildman–Crippen MR) is 88.6 cm³/mol. The minimum atomic E-state index is -3.95. The van der Waals surface area contributed by atoms with Gasteiger partial charge in [0.15, 0.2) is 0 Å². The van der Waals surface area contributed by atoms with Crippen LogP contribution in [0.15, 0.2) is 21.5 Å². The van der Waals surface area contributed by atoms with Gasteiger partial charge >= 0.3 is 0 Å². The number of amides is 1. The van der Waals surface area contributed by atoms with Gasteiger partial charge < -0.3 is 5.32 Å². The molecule has 1 aromatic rings. The summed E-state index contributed by atoms with van der Waals surface area (Å²) >= 11 is 9.22. The molecule has 0 atom stereocenters. The molecular formula is C13H16BrCl2NO3S. The van der Waals surface area contributed by atoms with Crippen LogP contribution in [0.3, 0.4) is 0 Å². The number of hydrogen-bond donors (Lipinski definition) is 1. The van der Waals surface area contributed by atoms with Crippen LogP contribution in [0, 0.1) is 0 Å². The van der Waals surface area contributed by atoms with Crippen LogP contribution in [0.4, 0.5) is 0 Å². The fourth-order valence-corrected chi connectivity index (χ4v) is 3.23. The Bertz CT molecular complexity index is 658. The number of carbonyl (C=O) groups excluding carboxylic acids is 1. The van der Waals surface area contributed by atoms with E-state index in [2.05, 4.69) is 21.2 Å². The van der Waals surface area contributed by atoms with Gasteiger partial charge in [-0.1, -0.05) is 25.4 Å². The quantitative estimate of drug-likeness (QED) is 0.726. The highest BCUT2D eigenvalue weighted by atomic mass is 79.9. The molecule has 1 rings (SSSR count). The number of rotatable bonds is 5. The SMILES string of the molecule is CCC(C)(CC)NC(=O)c1cc(S(=O)(=O)Cl)cc(Br)c1Cl. The molecule has 21 heavy (non-hydrogen) atoms. The van der Waals surface area contributed by atoms with E-state index in [1.54, 1.807) is 0 Å². The highest BCUT2D eigenvalue weighted by molar-refractivity contribution is 9.10. The molecule has 8 heteroatoms. The van der Waals surface area contributed by atoms with E-state index in [0.29, 0.717) is 4.47 Å². The first-order valence-electron chi connectivity index (χ1n) is 6.30. The molecule has 1 N–H and O–H groups in total. The molecule has 4 nitrogen and oxygen atoms in total. The molecule has 1 amide bonds. The molecule has 0 aliphatic rings. The van der Waals surface area contributed by atoms with E-state index in [9.17, 15) is 13.2 Å². The maximum absolute atomic E-state index is 12.4. The zero-order valence-corrected chi connectivity index (χ0v) is 15.8. The first-order valence-corrected chi connectivity index (χ1v) is 9.78. The van der Waals surface area contributed by atoms with Crippen molar-refractivity contribution < 1.29 is 13.2 Å². The Morgan fingerprint density at radius 2 is 1.86 bits per heavy atom. The highest BCUT2D eigenvalue weighted by Crippen LogP contribution is 2.31. The molecule has 118 valence electrons. The summed E-state index contributed by atoms with van der Waals surface area (Å²) in [6.07, 6.45) is 1.48. The van der Waals surface area contributed by atoms with Crippen LogP contribution in [-0.2, 0) is 9.05 Å². The lowest BCUT2D eigenvalue weighted by Gasteiger charge is -2.28. The van der Waals surface area contributed by atoms with Crippen molar-refractivity contribution in [3.05, 3.63) is 27.2 Å². The van der Waals surface area contributed by atoms with Crippen LogP contribution < -0.4 is 5.32 Å². The Balaban J connectivity index is 3.30. The van der Waals surface area contributed by atoms with E-state index in [4.69, 9.17) is 22.3 Å².